The lowest BCUT2D eigenvalue weighted by atomic mass is 10.1. The molecule has 1 atom stereocenters. The molecule has 2 N–H and O–H groups in total. The van der Waals surface area contributed by atoms with E-state index >= 15 is 0 Å². The fraction of sp³-hybridized carbons (Fsp3) is 0.417. The van der Waals surface area contributed by atoms with Crippen LogP contribution in [0.4, 0.5) is 5.69 Å². The van der Waals surface area contributed by atoms with Gasteiger partial charge in [0.05, 0.1) is 24.5 Å². The van der Waals surface area contributed by atoms with Gasteiger partial charge < -0.3 is 20.1 Å². The van der Waals surface area contributed by atoms with Crippen LogP contribution in [0.2, 0.25) is 0 Å². The van der Waals surface area contributed by atoms with Crippen molar-refractivity contribution < 1.29 is 19.1 Å². The molecular formula is C24H32N2O4. The van der Waals surface area contributed by atoms with Crippen molar-refractivity contribution in [3.8, 4) is 11.5 Å². The van der Waals surface area contributed by atoms with E-state index in [1.807, 2.05) is 45.9 Å². The number of rotatable bonds is 11. The van der Waals surface area contributed by atoms with Crippen molar-refractivity contribution in [3.63, 3.8) is 0 Å². The van der Waals surface area contributed by atoms with E-state index in [0.29, 0.717) is 48.8 Å². The maximum Gasteiger partial charge on any atom is 0.253 e. The number of carbonyl (C=O) groups excluding carboxylic acids is 2. The van der Waals surface area contributed by atoms with Gasteiger partial charge in [-0.05, 0) is 63.4 Å². The molecule has 0 aromatic heterocycles. The van der Waals surface area contributed by atoms with Crippen LogP contribution in [0.5, 0.6) is 11.5 Å². The van der Waals surface area contributed by atoms with Gasteiger partial charge in [0.2, 0.25) is 5.91 Å². The highest BCUT2D eigenvalue weighted by molar-refractivity contribution is 6.03. The molecule has 0 radical (unpaired) electrons. The Morgan fingerprint density at radius 3 is 2.37 bits per heavy atom. The molecule has 2 aromatic rings. The van der Waals surface area contributed by atoms with E-state index in [4.69, 9.17) is 9.47 Å². The van der Waals surface area contributed by atoms with Crippen LogP contribution >= 0.6 is 0 Å². The van der Waals surface area contributed by atoms with Gasteiger partial charge in [-0.1, -0.05) is 25.1 Å². The molecule has 6 heteroatoms. The second-order valence-corrected chi connectivity index (χ2v) is 7.02. The third-order valence-electron chi connectivity index (χ3n) is 4.68. The zero-order valence-corrected chi connectivity index (χ0v) is 18.3. The van der Waals surface area contributed by atoms with Gasteiger partial charge in [0.25, 0.3) is 5.91 Å². The second-order valence-electron chi connectivity index (χ2n) is 7.02. The summed E-state index contributed by atoms with van der Waals surface area (Å²) in [6, 6.07) is 12.8. The van der Waals surface area contributed by atoms with Gasteiger partial charge >= 0.3 is 0 Å². The molecule has 0 aliphatic carbocycles. The van der Waals surface area contributed by atoms with Crippen molar-refractivity contribution in [2.45, 2.75) is 53.0 Å². The van der Waals surface area contributed by atoms with Crippen molar-refractivity contribution in [2.75, 3.05) is 18.5 Å². The Balaban J connectivity index is 2.02. The Bertz CT molecular complexity index is 851. The summed E-state index contributed by atoms with van der Waals surface area (Å²) in [4.78, 5) is 25.0. The van der Waals surface area contributed by atoms with E-state index in [-0.39, 0.29) is 17.9 Å². The largest absolute Gasteiger partial charge is 0.490 e. The molecule has 0 saturated heterocycles. The highest BCUT2D eigenvalue weighted by Crippen LogP contribution is 2.29. The zero-order valence-electron chi connectivity index (χ0n) is 18.3. The first-order valence-corrected chi connectivity index (χ1v) is 10.6. The van der Waals surface area contributed by atoms with Gasteiger partial charge in [0.1, 0.15) is 0 Å². The van der Waals surface area contributed by atoms with Crippen molar-refractivity contribution in [1.29, 1.82) is 0 Å². The van der Waals surface area contributed by atoms with Crippen LogP contribution < -0.4 is 20.1 Å². The predicted molar refractivity (Wildman–Crippen MR) is 119 cm³/mol. The lowest BCUT2D eigenvalue weighted by Gasteiger charge is -2.15. The molecule has 162 valence electrons. The molecule has 0 saturated carbocycles. The third kappa shape index (κ3) is 6.79. The molecule has 6 nitrogen and oxygen atoms in total. The van der Waals surface area contributed by atoms with Crippen molar-refractivity contribution >= 4 is 17.5 Å². The molecule has 0 heterocycles. The minimum absolute atomic E-state index is 0.0699. The average Bonchev–Trinajstić information content (AvgIpc) is 2.74. The number of aryl methyl sites for hydroxylation is 1. The highest BCUT2D eigenvalue weighted by Gasteiger charge is 2.15. The minimum atomic E-state index is -0.187. The van der Waals surface area contributed by atoms with Crippen LogP contribution in [-0.2, 0) is 11.2 Å². The predicted octanol–water partition coefficient (Wildman–Crippen LogP) is 4.58. The van der Waals surface area contributed by atoms with E-state index in [1.165, 1.54) is 0 Å². The van der Waals surface area contributed by atoms with Gasteiger partial charge in [-0.25, -0.2) is 0 Å². The third-order valence-corrected chi connectivity index (χ3v) is 4.68. The summed E-state index contributed by atoms with van der Waals surface area (Å²) < 4.78 is 11.2. The summed E-state index contributed by atoms with van der Waals surface area (Å²) in [6.45, 7) is 8.91. The van der Waals surface area contributed by atoms with Crippen LogP contribution in [0.3, 0.4) is 0 Å². The summed E-state index contributed by atoms with van der Waals surface area (Å²) in [5.41, 5.74) is 1.97. The Hall–Kier alpha value is -3.02. The number of ether oxygens (including phenoxy) is 2. The normalized spacial score (nSPS) is 11.5. The van der Waals surface area contributed by atoms with Gasteiger partial charge in [-0.2, -0.15) is 0 Å². The highest BCUT2D eigenvalue weighted by atomic mass is 16.5. The molecule has 2 amide bonds. The molecule has 2 aromatic carbocycles. The van der Waals surface area contributed by atoms with E-state index < -0.39 is 0 Å². The Morgan fingerprint density at radius 1 is 0.967 bits per heavy atom. The Morgan fingerprint density at radius 2 is 1.67 bits per heavy atom. The van der Waals surface area contributed by atoms with Gasteiger partial charge in [0, 0.05) is 12.5 Å². The van der Waals surface area contributed by atoms with Crippen molar-refractivity contribution in [1.82, 2.24) is 5.32 Å². The number of hydrogen-bond acceptors (Lipinski definition) is 4. The van der Waals surface area contributed by atoms with Gasteiger partial charge in [0.15, 0.2) is 11.5 Å². The molecular weight excluding hydrogens is 380 g/mol. The van der Waals surface area contributed by atoms with E-state index in [2.05, 4.69) is 10.6 Å². The fourth-order valence-corrected chi connectivity index (χ4v) is 2.92. The number of nitrogens with one attached hydrogen (secondary N) is 2. The van der Waals surface area contributed by atoms with E-state index in [0.717, 1.165) is 12.0 Å². The van der Waals surface area contributed by atoms with Crippen LogP contribution in [0.25, 0.3) is 0 Å². The zero-order chi connectivity index (χ0) is 21.9. The second kappa shape index (κ2) is 11.9. The summed E-state index contributed by atoms with van der Waals surface area (Å²) in [6.07, 6.45) is 1.69. The van der Waals surface area contributed by atoms with E-state index in [1.54, 1.807) is 24.3 Å². The molecule has 2 rings (SSSR count). The minimum Gasteiger partial charge on any atom is -0.490 e. The first-order chi connectivity index (χ1) is 14.5. The molecule has 0 aliphatic rings. The molecule has 0 spiro atoms. The maximum absolute atomic E-state index is 12.5. The topological polar surface area (TPSA) is 76.7 Å². The summed E-state index contributed by atoms with van der Waals surface area (Å²) in [5, 5.41) is 5.80. The summed E-state index contributed by atoms with van der Waals surface area (Å²) in [7, 11) is 0. The SMILES string of the molecule is CCOc1ccc(CCC(=O)Nc2ccccc2C(=O)NC(C)CC)cc1OCC. The number of hydrogen-bond donors (Lipinski definition) is 2. The fourth-order valence-electron chi connectivity index (χ4n) is 2.92. The number of amides is 2. The first kappa shape index (κ1) is 23.3. The van der Waals surface area contributed by atoms with Crippen LogP contribution in [0, 0.1) is 0 Å². The lowest BCUT2D eigenvalue weighted by Crippen LogP contribution is -2.32. The Kier molecular flexibility index (Phi) is 9.19. The smallest absolute Gasteiger partial charge is 0.253 e. The quantitative estimate of drug-likeness (QED) is 0.566. The lowest BCUT2D eigenvalue weighted by molar-refractivity contribution is -0.116. The molecule has 0 fully saturated rings. The maximum atomic E-state index is 12.5. The molecule has 0 aliphatic heterocycles. The van der Waals surface area contributed by atoms with Crippen LogP contribution in [0.15, 0.2) is 42.5 Å². The molecule has 1 unspecified atom stereocenters. The Labute approximate surface area is 179 Å². The van der Waals surface area contributed by atoms with Crippen molar-refractivity contribution in [2.24, 2.45) is 0 Å². The van der Waals surface area contributed by atoms with Gasteiger partial charge in [-0.3, -0.25) is 9.59 Å². The first-order valence-electron chi connectivity index (χ1n) is 10.6. The number of para-hydroxylation sites is 1. The average molecular weight is 413 g/mol. The summed E-state index contributed by atoms with van der Waals surface area (Å²) >= 11 is 0. The van der Waals surface area contributed by atoms with E-state index in [9.17, 15) is 9.59 Å². The monoisotopic (exact) mass is 412 g/mol. The van der Waals surface area contributed by atoms with Gasteiger partial charge in [-0.15, -0.1) is 0 Å². The molecule has 0 bridgehead atoms. The number of anilines is 1. The van der Waals surface area contributed by atoms with Crippen molar-refractivity contribution in [3.05, 3.63) is 53.6 Å². The molecule has 30 heavy (non-hydrogen) atoms. The standard InChI is InChI=1S/C24H32N2O4/c1-5-17(4)25-24(28)19-10-8-9-11-20(19)26-23(27)15-13-18-12-14-21(29-6-2)22(16-18)30-7-3/h8-12,14,16-17H,5-7,13,15H2,1-4H3,(H,25,28)(H,26,27). The summed E-state index contributed by atoms with van der Waals surface area (Å²) in [5.74, 6) is 1.05. The van der Waals surface area contributed by atoms with Crippen LogP contribution in [-0.4, -0.2) is 31.1 Å². The number of benzene rings is 2. The van der Waals surface area contributed by atoms with Crippen LogP contribution in [0.1, 0.15) is 56.5 Å². The number of carbonyl (C=O) groups is 2.